The van der Waals surface area contributed by atoms with Crippen LogP contribution >= 0.6 is 0 Å². The number of carbonyl (C=O) groups is 3. The highest BCUT2D eigenvalue weighted by atomic mass is 16.4. The Hall–Kier alpha value is -1.89. The van der Waals surface area contributed by atoms with Gasteiger partial charge in [-0.2, -0.15) is 0 Å². The van der Waals surface area contributed by atoms with Crippen molar-refractivity contribution in [2.24, 2.45) is 0 Å². The third-order valence-electron chi connectivity index (χ3n) is 6.06. The number of unbranched alkanes of at least 4 members (excludes halogenated alkanes) is 14. The highest BCUT2D eigenvalue weighted by Crippen LogP contribution is 2.14. The molecule has 0 rings (SSSR count). The maximum atomic E-state index is 11.2. The molecule has 192 valence electrons. The molecule has 0 aliphatic carbocycles. The van der Waals surface area contributed by atoms with Crippen molar-refractivity contribution in [2.45, 2.75) is 110 Å². The number of nitrogens with zero attached hydrogens (tertiary/aromatic N) is 1. The van der Waals surface area contributed by atoms with Gasteiger partial charge in [0.2, 0.25) is 0 Å². The Kier molecular flexibility index (Phi) is 19.5. The van der Waals surface area contributed by atoms with Crippen LogP contribution in [0.15, 0.2) is 12.2 Å². The van der Waals surface area contributed by atoms with E-state index in [2.05, 4.69) is 19.1 Å². The van der Waals surface area contributed by atoms with E-state index in [9.17, 15) is 14.4 Å². The van der Waals surface area contributed by atoms with Crippen molar-refractivity contribution < 1.29 is 34.2 Å². The quantitative estimate of drug-likeness (QED) is 0.0923. The molecule has 3 N–H and O–H groups in total. The number of aliphatic carboxylic acids is 3. The second kappa shape index (κ2) is 20.7. The summed E-state index contributed by atoms with van der Waals surface area (Å²) in [6.45, 7) is 1.06. The highest BCUT2D eigenvalue weighted by Gasteiger charge is 2.35. The van der Waals surface area contributed by atoms with Crippen LogP contribution in [0.1, 0.15) is 110 Å². The molecule has 7 nitrogen and oxygen atoms in total. The molecule has 0 amide bonds. The van der Waals surface area contributed by atoms with Crippen LogP contribution in [-0.4, -0.2) is 63.9 Å². The van der Waals surface area contributed by atoms with Crippen molar-refractivity contribution in [3.8, 4) is 0 Å². The lowest BCUT2D eigenvalue weighted by Gasteiger charge is -2.34. The first-order valence-corrected chi connectivity index (χ1v) is 13.0. The summed E-state index contributed by atoms with van der Waals surface area (Å²) in [6, 6.07) is 0. The zero-order valence-corrected chi connectivity index (χ0v) is 20.8. The minimum Gasteiger partial charge on any atom is -0.477 e. The smallest absolute Gasteiger partial charge is 0.359 e. The van der Waals surface area contributed by atoms with E-state index < -0.39 is 42.0 Å². The van der Waals surface area contributed by atoms with E-state index in [0.717, 1.165) is 32.1 Å². The fourth-order valence-electron chi connectivity index (χ4n) is 4.31. The lowest BCUT2D eigenvalue weighted by Crippen LogP contribution is -2.57. The fraction of sp³-hybridized carbons (Fsp3) is 0.808. The molecule has 33 heavy (non-hydrogen) atoms. The summed E-state index contributed by atoms with van der Waals surface area (Å²) in [4.78, 5) is 33.5. The van der Waals surface area contributed by atoms with Gasteiger partial charge in [0, 0.05) is 0 Å². The number of carboxylic acid groups (broad SMARTS) is 3. The van der Waals surface area contributed by atoms with Gasteiger partial charge in [0.25, 0.3) is 0 Å². The fourth-order valence-corrected chi connectivity index (χ4v) is 4.31. The molecule has 7 heteroatoms. The molecule has 0 aliphatic heterocycles. The molecule has 0 heterocycles. The van der Waals surface area contributed by atoms with Crippen LogP contribution in [0.5, 0.6) is 0 Å². The van der Waals surface area contributed by atoms with Crippen LogP contribution in [0, 0.1) is 0 Å². The first-order valence-electron chi connectivity index (χ1n) is 13.0. The Balaban J connectivity index is 3.82. The Morgan fingerprint density at radius 1 is 0.545 bits per heavy atom. The second-order valence-corrected chi connectivity index (χ2v) is 9.37. The third kappa shape index (κ3) is 20.4. The number of hydrogen-bond donors (Lipinski definition) is 3. The summed E-state index contributed by atoms with van der Waals surface area (Å²) in [5.74, 6) is -3.52. The molecular formula is C26H48NO6+. The summed E-state index contributed by atoms with van der Waals surface area (Å²) >= 11 is 0. The van der Waals surface area contributed by atoms with E-state index >= 15 is 0 Å². The molecule has 0 saturated heterocycles. The summed E-state index contributed by atoms with van der Waals surface area (Å²) < 4.78 is -0.439. The van der Waals surface area contributed by atoms with E-state index in [4.69, 9.17) is 15.3 Å². The van der Waals surface area contributed by atoms with Crippen molar-refractivity contribution >= 4 is 17.9 Å². The SMILES string of the molecule is CCCCCCCCC/C=C/CCCCCCCCC[N+](CC(=O)O)(CC(=O)O)CC(=O)O. The Morgan fingerprint density at radius 2 is 0.879 bits per heavy atom. The summed E-state index contributed by atoms with van der Waals surface area (Å²) in [5, 5.41) is 27.4. The minimum atomic E-state index is -1.17. The van der Waals surface area contributed by atoms with Gasteiger partial charge in [0.05, 0.1) is 6.54 Å². The Labute approximate surface area is 200 Å². The van der Waals surface area contributed by atoms with Gasteiger partial charge in [0.1, 0.15) is 0 Å². The molecule has 0 aliphatic rings. The Bertz CT molecular complexity index is 520. The number of rotatable bonds is 24. The molecule has 0 spiro atoms. The normalized spacial score (nSPS) is 11.8. The molecule has 0 aromatic rings. The first-order chi connectivity index (χ1) is 15.8. The lowest BCUT2D eigenvalue weighted by molar-refractivity contribution is -0.907. The van der Waals surface area contributed by atoms with Gasteiger partial charge in [-0.25, -0.2) is 14.4 Å². The van der Waals surface area contributed by atoms with Crippen LogP contribution in [0.2, 0.25) is 0 Å². The second-order valence-electron chi connectivity index (χ2n) is 9.37. The summed E-state index contributed by atoms with van der Waals surface area (Å²) in [5.41, 5.74) is 0. The molecule has 0 fully saturated rings. The third-order valence-corrected chi connectivity index (χ3v) is 6.06. The molecular weight excluding hydrogens is 422 g/mol. The lowest BCUT2D eigenvalue weighted by atomic mass is 10.1. The number of hydrogen-bond acceptors (Lipinski definition) is 3. The maximum Gasteiger partial charge on any atom is 0.359 e. The van der Waals surface area contributed by atoms with E-state index in [-0.39, 0.29) is 6.54 Å². The number of quaternary nitrogens is 1. The standard InChI is InChI=1S/C26H47NO6/c1-2-3-4-5-6-7-8-9-10-11-12-13-14-15-16-17-18-19-20-27(21-24(28)29,22-25(30)31)23-26(32)33/h10-11H,2-9,12-23H2,1H3,(H2-,28,29,30,31,32,33)/p+1/b11-10+. The van der Waals surface area contributed by atoms with Gasteiger partial charge in [-0.05, 0) is 38.5 Å². The van der Waals surface area contributed by atoms with Crippen LogP contribution < -0.4 is 0 Å². The highest BCUT2D eigenvalue weighted by molar-refractivity contribution is 5.73. The summed E-state index contributed by atoms with van der Waals surface area (Å²) in [7, 11) is 0. The average molecular weight is 471 g/mol. The van der Waals surface area contributed by atoms with Crippen molar-refractivity contribution in [2.75, 3.05) is 26.2 Å². The molecule has 0 radical (unpaired) electrons. The van der Waals surface area contributed by atoms with Crippen LogP contribution in [-0.2, 0) is 14.4 Å². The Morgan fingerprint density at radius 3 is 1.24 bits per heavy atom. The molecule has 0 unspecified atom stereocenters. The minimum absolute atomic E-state index is 0.258. The van der Waals surface area contributed by atoms with Crippen LogP contribution in [0.3, 0.4) is 0 Å². The number of carboxylic acids is 3. The van der Waals surface area contributed by atoms with E-state index in [1.54, 1.807) is 0 Å². The van der Waals surface area contributed by atoms with Gasteiger partial charge in [-0.3, -0.25) is 4.48 Å². The molecule has 0 bridgehead atoms. The average Bonchev–Trinajstić information content (AvgIpc) is 2.71. The van der Waals surface area contributed by atoms with E-state index in [0.29, 0.717) is 6.42 Å². The van der Waals surface area contributed by atoms with Gasteiger partial charge >= 0.3 is 17.9 Å². The monoisotopic (exact) mass is 470 g/mol. The zero-order chi connectivity index (χ0) is 24.8. The molecule has 0 aromatic heterocycles. The maximum absolute atomic E-state index is 11.2. The van der Waals surface area contributed by atoms with Crippen molar-refractivity contribution in [3.05, 3.63) is 12.2 Å². The van der Waals surface area contributed by atoms with Crippen molar-refractivity contribution in [1.82, 2.24) is 0 Å². The predicted molar refractivity (Wildman–Crippen MR) is 131 cm³/mol. The summed E-state index contributed by atoms with van der Waals surface area (Å²) in [6.07, 6.45) is 23.5. The predicted octanol–water partition coefficient (Wildman–Crippen LogP) is 5.87. The van der Waals surface area contributed by atoms with Crippen LogP contribution in [0.25, 0.3) is 0 Å². The largest absolute Gasteiger partial charge is 0.477 e. The van der Waals surface area contributed by atoms with Gasteiger partial charge in [-0.15, -0.1) is 0 Å². The van der Waals surface area contributed by atoms with Crippen molar-refractivity contribution in [3.63, 3.8) is 0 Å². The molecule has 0 saturated carbocycles. The van der Waals surface area contributed by atoms with Crippen LogP contribution in [0.4, 0.5) is 0 Å². The van der Waals surface area contributed by atoms with Gasteiger partial charge in [-0.1, -0.05) is 83.3 Å². The topological polar surface area (TPSA) is 112 Å². The van der Waals surface area contributed by atoms with Gasteiger partial charge < -0.3 is 15.3 Å². The zero-order valence-electron chi connectivity index (χ0n) is 20.8. The van der Waals surface area contributed by atoms with Gasteiger partial charge in [0.15, 0.2) is 19.6 Å². The number of allylic oxidation sites excluding steroid dienone is 2. The molecule has 0 aromatic carbocycles. The van der Waals surface area contributed by atoms with Crippen molar-refractivity contribution in [1.29, 1.82) is 0 Å². The van der Waals surface area contributed by atoms with E-state index in [1.807, 2.05) is 0 Å². The van der Waals surface area contributed by atoms with E-state index in [1.165, 1.54) is 64.2 Å². The first kappa shape index (κ1) is 31.1. The molecule has 0 atom stereocenters.